The van der Waals surface area contributed by atoms with Crippen LogP contribution in [0.3, 0.4) is 0 Å². The topological polar surface area (TPSA) is 83.8 Å². The number of hydrazone groups is 1. The third-order valence-corrected chi connectivity index (χ3v) is 7.92. The Kier molecular flexibility index (Phi) is 7.78. The number of carbonyl (C=O) groups is 1. The van der Waals surface area contributed by atoms with Gasteiger partial charge in [-0.25, -0.2) is 18.2 Å². The smallest absolute Gasteiger partial charge is 0.264 e. The van der Waals surface area contributed by atoms with Crippen LogP contribution in [0.15, 0.2) is 88.9 Å². The van der Waals surface area contributed by atoms with Crippen LogP contribution < -0.4 is 9.73 Å². The number of nitrogens with one attached hydrogen (secondary N) is 1. The summed E-state index contributed by atoms with van der Waals surface area (Å²) >= 11 is 0. The minimum absolute atomic E-state index is 0.0918. The normalized spacial score (nSPS) is 11.6. The zero-order chi connectivity index (χ0) is 27.4. The van der Waals surface area contributed by atoms with Gasteiger partial charge in [0.2, 0.25) is 0 Å². The van der Waals surface area contributed by atoms with Crippen molar-refractivity contribution < 1.29 is 17.6 Å². The van der Waals surface area contributed by atoms with Crippen molar-refractivity contribution in [2.75, 3.05) is 10.8 Å². The number of aromatic nitrogens is 1. The van der Waals surface area contributed by atoms with Crippen molar-refractivity contribution in [1.29, 1.82) is 0 Å². The van der Waals surface area contributed by atoms with Crippen molar-refractivity contribution >= 4 is 27.8 Å². The first kappa shape index (κ1) is 26.8. The Morgan fingerprint density at radius 2 is 1.63 bits per heavy atom. The predicted octanol–water partition coefficient (Wildman–Crippen LogP) is 5.20. The molecule has 3 aromatic carbocycles. The monoisotopic (exact) mass is 532 g/mol. The molecule has 0 aliphatic heterocycles. The molecular formula is C29H29FN4O3S. The lowest BCUT2D eigenvalue weighted by Crippen LogP contribution is -2.39. The van der Waals surface area contributed by atoms with Gasteiger partial charge in [0.25, 0.3) is 15.9 Å². The van der Waals surface area contributed by atoms with E-state index >= 15 is 0 Å². The molecule has 7 nitrogen and oxygen atoms in total. The number of benzene rings is 3. The largest absolute Gasteiger partial charge is 0.318 e. The molecule has 4 aromatic rings. The minimum atomic E-state index is -4.01. The van der Waals surface area contributed by atoms with E-state index in [-0.39, 0.29) is 10.7 Å². The Bertz CT molecular complexity index is 1590. The van der Waals surface area contributed by atoms with E-state index in [0.29, 0.717) is 5.69 Å². The zero-order valence-electron chi connectivity index (χ0n) is 21.6. The third kappa shape index (κ3) is 5.84. The van der Waals surface area contributed by atoms with Gasteiger partial charge in [-0.2, -0.15) is 5.10 Å². The molecule has 0 atom stereocenters. The summed E-state index contributed by atoms with van der Waals surface area (Å²) in [6, 6.07) is 21.5. The summed E-state index contributed by atoms with van der Waals surface area (Å²) in [6.45, 7) is 7.09. The predicted molar refractivity (Wildman–Crippen MR) is 148 cm³/mol. The number of rotatable bonds is 8. The van der Waals surface area contributed by atoms with Crippen LogP contribution in [0.25, 0.3) is 5.69 Å². The minimum Gasteiger partial charge on any atom is -0.318 e. The van der Waals surface area contributed by atoms with Crippen molar-refractivity contribution in [3.05, 3.63) is 113 Å². The fourth-order valence-corrected chi connectivity index (χ4v) is 5.59. The van der Waals surface area contributed by atoms with Crippen LogP contribution >= 0.6 is 0 Å². The van der Waals surface area contributed by atoms with Crippen LogP contribution in [0.2, 0.25) is 0 Å². The molecule has 0 bridgehead atoms. The van der Waals surface area contributed by atoms with E-state index in [2.05, 4.69) is 10.5 Å². The molecule has 0 unspecified atom stereocenters. The van der Waals surface area contributed by atoms with Crippen LogP contribution in [0.5, 0.6) is 0 Å². The number of aryl methyl sites for hydroxylation is 3. The second-order valence-electron chi connectivity index (χ2n) is 9.10. The third-order valence-electron chi connectivity index (χ3n) is 6.13. The van der Waals surface area contributed by atoms with Crippen molar-refractivity contribution in [3.63, 3.8) is 0 Å². The van der Waals surface area contributed by atoms with Crippen LogP contribution in [0.1, 0.15) is 28.1 Å². The number of amides is 1. The molecule has 38 heavy (non-hydrogen) atoms. The summed E-state index contributed by atoms with van der Waals surface area (Å²) in [5, 5.41) is 4.08. The number of sulfonamides is 1. The molecule has 9 heteroatoms. The van der Waals surface area contributed by atoms with Gasteiger partial charge < -0.3 is 4.57 Å². The molecule has 0 saturated carbocycles. The number of anilines is 1. The van der Waals surface area contributed by atoms with Gasteiger partial charge in [0.1, 0.15) is 12.4 Å². The van der Waals surface area contributed by atoms with Crippen LogP contribution in [-0.2, 0) is 14.8 Å². The summed E-state index contributed by atoms with van der Waals surface area (Å²) in [4.78, 5) is 13.0. The van der Waals surface area contributed by atoms with Crippen molar-refractivity contribution in [2.45, 2.75) is 32.6 Å². The fourth-order valence-electron chi connectivity index (χ4n) is 4.18. The fraction of sp³-hybridized carbons (Fsp3) is 0.172. The maximum absolute atomic E-state index is 13.5. The lowest BCUT2D eigenvalue weighted by molar-refractivity contribution is -0.119. The van der Waals surface area contributed by atoms with E-state index in [4.69, 9.17) is 0 Å². The van der Waals surface area contributed by atoms with Crippen molar-refractivity contribution in [3.8, 4) is 5.69 Å². The summed E-state index contributed by atoms with van der Waals surface area (Å²) in [5.74, 6) is -0.907. The molecule has 0 saturated heterocycles. The maximum Gasteiger partial charge on any atom is 0.264 e. The second-order valence-corrected chi connectivity index (χ2v) is 11.0. The molecule has 0 aliphatic carbocycles. The van der Waals surface area contributed by atoms with Gasteiger partial charge in [0.15, 0.2) is 0 Å². The average Bonchev–Trinajstić information content (AvgIpc) is 3.16. The first-order chi connectivity index (χ1) is 18.1. The van der Waals surface area contributed by atoms with E-state index in [9.17, 15) is 17.6 Å². The van der Waals surface area contributed by atoms with E-state index in [1.54, 1.807) is 42.5 Å². The van der Waals surface area contributed by atoms with Gasteiger partial charge in [0.05, 0.1) is 16.8 Å². The summed E-state index contributed by atoms with van der Waals surface area (Å²) in [6.07, 6.45) is 1.51. The summed E-state index contributed by atoms with van der Waals surface area (Å²) in [5.41, 5.74) is 7.96. The second kappa shape index (κ2) is 11.0. The van der Waals surface area contributed by atoms with Crippen LogP contribution in [0.4, 0.5) is 10.1 Å². The lowest BCUT2D eigenvalue weighted by atomic mass is 10.2. The van der Waals surface area contributed by atoms with E-state index in [1.807, 2.05) is 44.4 Å². The standard InChI is InChI=1S/C29H29FN4O3S/c1-20-8-14-28(15-9-20)38(36,37)33(27-7-5-6-21(2)16-27)19-29(35)32-31-18-24-17-22(3)34(23(24)4)26-12-10-25(30)11-13-26/h5-18H,19H2,1-4H3,(H,32,35)/b31-18-. The highest BCUT2D eigenvalue weighted by molar-refractivity contribution is 7.92. The quantitative estimate of drug-likeness (QED) is 0.250. The molecule has 1 heterocycles. The first-order valence-electron chi connectivity index (χ1n) is 12.0. The van der Waals surface area contributed by atoms with E-state index in [0.717, 1.165) is 38.1 Å². The van der Waals surface area contributed by atoms with Crippen LogP contribution in [-0.4, -0.2) is 31.7 Å². The van der Waals surface area contributed by atoms with Gasteiger partial charge in [0, 0.05) is 22.6 Å². The molecule has 0 fully saturated rings. The molecule has 0 radical (unpaired) electrons. The van der Waals surface area contributed by atoms with Gasteiger partial charge in [-0.05, 0) is 87.9 Å². The number of hydrogen-bond acceptors (Lipinski definition) is 4. The molecule has 0 aliphatic rings. The van der Waals surface area contributed by atoms with E-state index in [1.165, 1.54) is 30.5 Å². The Balaban J connectivity index is 1.55. The first-order valence-corrected chi connectivity index (χ1v) is 13.4. The lowest BCUT2D eigenvalue weighted by Gasteiger charge is -2.24. The number of carbonyl (C=O) groups excluding carboxylic acids is 1. The highest BCUT2D eigenvalue weighted by Gasteiger charge is 2.27. The van der Waals surface area contributed by atoms with Gasteiger partial charge in [-0.1, -0.05) is 29.8 Å². The Labute approximate surface area is 222 Å². The summed E-state index contributed by atoms with van der Waals surface area (Å²) in [7, 11) is -4.01. The average molecular weight is 533 g/mol. The molecule has 1 amide bonds. The maximum atomic E-state index is 13.5. The molecule has 0 spiro atoms. The van der Waals surface area contributed by atoms with E-state index < -0.39 is 22.5 Å². The van der Waals surface area contributed by atoms with Gasteiger partial charge in [-0.3, -0.25) is 9.10 Å². The zero-order valence-corrected chi connectivity index (χ0v) is 22.5. The number of hydrogen-bond donors (Lipinski definition) is 1. The van der Waals surface area contributed by atoms with Crippen molar-refractivity contribution in [2.24, 2.45) is 5.10 Å². The Hall–Kier alpha value is -4.24. The molecular weight excluding hydrogens is 503 g/mol. The molecule has 196 valence electrons. The number of nitrogens with zero attached hydrogens (tertiary/aromatic N) is 3. The highest BCUT2D eigenvalue weighted by atomic mass is 32.2. The SMILES string of the molecule is Cc1ccc(S(=O)(=O)N(CC(=O)N/N=C\c2cc(C)n(-c3ccc(F)cc3)c2C)c2cccc(C)c2)cc1. The molecule has 1 N–H and O–H groups in total. The summed E-state index contributed by atoms with van der Waals surface area (Å²) < 4.78 is 43.4. The Morgan fingerprint density at radius 1 is 0.947 bits per heavy atom. The highest BCUT2D eigenvalue weighted by Crippen LogP contribution is 2.25. The number of halogens is 1. The Morgan fingerprint density at radius 3 is 2.29 bits per heavy atom. The molecule has 1 aromatic heterocycles. The van der Waals surface area contributed by atoms with Gasteiger partial charge >= 0.3 is 0 Å². The van der Waals surface area contributed by atoms with Crippen LogP contribution in [0, 0.1) is 33.5 Å². The van der Waals surface area contributed by atoms with Crippen molar-refractivity contribution in [1.82, 2.24) is 9.99 Å². The van der Waals surface area contributed by atoms with Gasteiger partial charge in [-0.15, -0.1) is 0 Å². The molecule has 4 rings (SSSR count).